The van der Waals surface area contributed by atoms with Gasteiger partial charge in [0.15, 0.2) is 0 Å². The van der Waals surface area contributed by atoms with Crippen LogP contribution in [0.2, 0.25) is 0 Å². The van der Waals surface area contributed by atoms with Crippen LogP contribution in [-0.2, 0) is 5.41 Å². The van der Waals surface area contributed by atoms with Crippen molar-refractivity contribution in [3.8, 4) is 78.1 Å². The van der Waals surface area contributed by atoms with Gasteiger partial charge in [0.2, 0.25) is 0 Å². The lowest BCUT2D eigenvalue weighted by molar-refractivity contribution is 0.794. The van der Waals surface area contributed by atoms with Gasteiger partial charge in [0.05, 0.1) is 16.8 Å². The van der Waals surface area contributed by atoms with Crippen LogP contribution in [0.25, 0.3) is 78.1 Å². The molecule has 1 heterocycles. The van der Waals surface area contributed by atoms with Gasteiger partial charge in [-0.2, -0.15) is 0 Å². The highest BCUT2D eigenvalue weighted by molar-refractivity contribution is 6.01. The fourth-order valence-electron chi connectivity index (χ4n) is 9.50. The minimum atomic E-state index is -0.409. The Morgan fingerprint density at radius 3 is 1.13 bits per heavy atom. The second kappa shape index (κ2) is 12.5. The standard InChI is InChI=1S/C54H35N/c1-3-18-36(19-4-1)39-22-7-9-26-44(39)51-34-38(35-52(55-51)45-27-10-8-23-40(45)37-20-5-2-6-21-37)41-29-17-33-50-53(41)46-28-13-16-32-49(46)54(50)47-30-14-11-24-42(47)43-25-12-15-31-48(43)54/h1-35H. The van der Waals surface area contributed by atoms with Gasteiger partial charge >= 0.3 is 0 Å². The Morgan fingerprint density at radius 1 is 0.255 bits per heavy atom. The fourth-order valence-corrected chi connectivity index (χ4v) is 9.50. The molecule has 0 fully saturated rings. The second-order valence-corrected chi connectivity index (χ2v) is 14.6. The lowest BCUT2D eigenvalue weighted by Crippen LogP contribution is -2.25. The quantitative estimate of drug-likeness (QED) is 0.174. The Bertz CT molecular complexity index is 2770. The molecule has 0 aliphatic heterocycles. The number of nitrogens with zero attached hydrogens (tertiary/aromatic N) is 1. The van der Waals surface area contributed by atoms with Gasteiger partial charge in [-0.15, -0.1) is 0 Å². The fraction of sp³-hybridized carbons (Fsp3) is 0.0185. The first kappa shape index (κ1) is 31.4. The van der Waals surface area contributed by atoms with E-state index in [1.165, 1.54) is 61.2 Å². The van der Waals surface area contributed by atoms with Crippen LogP contribution in [0, 0.1) is 0 Å². The molecule has 256 valence electrons. The molecule has 2 aliphatic carbocycles. The number of hydrogen-bond donors (Lipinski definition) is 0. The largest absolute Gasteiger partial charge is 0.248 e. The predicted molar refractivity (Wildman–Crippen MR) is 228 cm³/mol. The van der Waals surface area contributed by atoms with Gasteiger partial charge < -0.3 is 0 Å². The van der Waals surface area contributed by atoms with Crippen molar-refractivity contribution in [1.29, 1.82) is 0 Å². The van der Waals surface area contributed by atoms with Crippen molar-refractivity contribution < 1.29 is 0 Å². The van der Waals surface area contributed by atoms with E-state index in [2.05, 4.69) is 212 Å². The van der Waals surface area contributed by atoms with Crippen LogP contribution >= 0.6 is 0 Å². The number of hydrogen-bond acceptors (Lipinski definition) is 1. The van der Waals surface area contributed by atoms with E-state index in [-0.39, 0.29) is 0 Å². The van der Waals surface area contributed by atoms with Crippen molar-refractivity contribution in [3.05, 3.63) is 235 Å². The number of benzene rings is 8. The van der Waals surface area contributed by atoms with E-state index >= 15 is 0 Å². The maximum atomic E-state index is 5.54. The van der Waals surface area contributed by atoms with Crippen LogP contribution in [0.4, 0.5) is 0 Å². The zero-order valence-electron chi connectivity index (χ0n) is 30.2. The van der Waals surface area contributed by atoms with Crippen LogP contribution in [0.1, 0.15) is 22.3 Å². The SMILES string of the molecule is c1ccc(-c2ccccc2-c2cc(-c3cccc4c3-c3ccccc3C43c4ccccc4-c4ccccc43)cc(-c3ccccc3-c3ccccc3)n2)cc1. The summed E-state index contributed by atoms with van der Waals surface area (Å²) in [5.41, 5.74) is 21.3. The summed E-state index contributed by atoms with van der Waals surface area (Å²) in [6.45, 7) is 0. The smallest absolute Gasteiger partial charge is 0.0725 e. The third kappa shape index (κ3) is 4.70. The number of rotatable bonds is 5. The molecule has 1 aromatic heterocycles. The minimum absolute atomic E-state index is 0.409. The summed E-state index contributed by atoms with van der Waals surface area (Å²) in [5, 5.41) is 0. The summed E-state index contributed by atoms with van der Waals surface area (Å²) in [7, 11) is 0. The summed E-state index contributed by atoms with van der Waals surface area (Å²) in [4.78, 5) is 5.54. The lowest BCUT2D eigenvalue weighted by atomic mass is 9.70. The van der Waals surface area contributed by atoms with E-state index in [1.807, 2.05) is 0 Å². The van der Waals surface area contributed by atoms with Gasteiger partial charge in [0, 0.05) is 11.1 Å². The number of pyridine rings is 1. The molecule has 0 saturated carbocycles. The van der Waals surface area contributed by atoms with Crippen molar-refractivity contribution in [1.82, 2.24) is 4.98 Å². The van der Waals surface area contributed by atoms with E-state index in [0.717, 1.165) is 39.2 Å². The van der Waals surface area contributed by atoms with E-state index in [1.54, 1.807) is 0 Å². The minimum Gasteiger partial charge on any atom is -0.248 e. The number of aromatic nitrogens is 1. The highest BCUT2D eigenvalue weighted by Gasteiger charge is 2.51. The first-order chi connectivity index (χ1) is 27.3. The zero-order chi connectivity index (χ0) is 36.3. The van der Waals surface area contributed by atoms with E-state index < -0.39 is 5.41 Å². The molecule has 11 rings (SSSR count). The first-order valence-electron chi connectivity index (χ1n) is 19.1. The zero-order valence-corrected chi connectivity index (χ0v) is 30.2. The maximum Gasteiger partial charge on any atom is 0.0725 e. The van der Waals surface area contributed by atoms with Crippen LogP contribution in [0.5, 0.6) is 0 Å². The van der Waals surface area contributed by atoms with Crippen molar-refractivity contribution in [2.24, 2.45) is 0 Å². The normalized spacial score (nSPS) is 12.9. The average Bonchev–Trinajstić information content (AvgIpc) is 3.74. The topological polar surface area (TPSA) is 12.9 Å². The molecule has 8 aromatic carbocycles. The molecule has 0 amide bonds. The van der Waals surface area contributed by atoms with E-state index in [9.17, 15) is 0 Å². The van der Waals surface area contributed by atoms with Gasteiger partial charge in [0.25, 0.3) is 0 Å². The van der Waals surface area contributed by atoms with Crippen molar-refractivity contribution >= 4 is 0 Å². The summed E-state index contributed by atoms with van der Waals surface area (Å²) in [5.74, 6) is 0. The van der Waals surface area contributed by atoms with Crippen LogP contribution in [0.3, 0.4) is 0 Å². The van der Waals surface area contributed by atoms with E-state index in [0.29, 0.717) is 0 Å². The van der Waals surface area contributed by atoms with Crippen LogP contribution in [0.15, 0.2) is 212 Å². The Morgan fingerprint density at radius 2 is 0.618 bits per heavy atom. The molecule has 2 aliphatic rings. The molecule has 55 heavy (non-hydrogen) atoms. The average molecular weight is 698 g/mol. The summed E-state index contributed by atoms with van der Waals surface area (Å²) in [6.07, 6.45) is 0. The van der Waals surface area contributed by atoms with Crippen molar-refractivity contribution in [2.75, 3.05) is 0 Å². The number of fused-ring (bicyclic) bond motifs is 10. The van der Waals surface area contributed by atoms with Gasteiger partial charge in [0.1, 0.15) is 0 Å². The molecule has 1 heteroatoms. The molecule has 0 bridgehead atoms. The Labute approximate surface area is 321 Å². The second-order valence-electron chi connectivity index (χ2n) is 14.6. The molecule has 9 aromatic rings. The molecule has 0 atom stereocenters. The monoisotopic (exact) mass is 697 g/mol. The molecular weight excluding hydrogens is 663 g/mol. The Balaban J connectivity index is 1.21. The van der Waals surface area contributed by atoms with Crippen molar-refractivity contribution in [3.63, 3.8) is 0 Å². The highest BCUT2D eigenvalue weighted by Crippen LogP contribution is 2.64. The van der Waals surface area contributed by atoms with Gasteiger partial charge in [-0.25, -0.2) is 4.98 Å². The van der Waals surface area contributed by atoms with Crippen molar-refractivity contribution in [2.45, 2.75) is 5.41 Å². The molecule has 0 N–H and O–H groups in total. The highest BCUT2D eigenvalue weighted by atomic mass is 14.7. The van der Waals surface area contributed by atoms with Gasteiger partial charge in [-0.3, -0.25) is 0 Å². The Hall–Kier alpha value is -7.09. The van der Waals surface area contributed by atoms with Gasteiger partial charge in [-0.05, 0) is 90.0 Å². The van der Waals surface area contributed by atoms with Crippen LogP contribution < -0.4 is 0 Å². The van der Waals surface area contributed by atoms with Crippen LogP contribution in [-0.4, -0.2) is 4.98 Å². The summed E-state index contributed by atoms with van der Waals surface area (Å²) < 4.78 is 0. The predicted octanol–water partition coefficient (Wildman–Crippen LogP) is 13.8. The molecular formula is C54H35N. The van der Waals surface area contributed by atoms with E-state index in [4.69, 9.17) is 4.98 Å². The molecule has 0 unspecified atom stereocenters. The Kier molecular flexibility index (Phi) is 7.15. The molecule has 0 saturated heterocycles. The maximum absolute atomic E-state index is 5.54. The lowest BCUT2D eigenvalue weighted by Gasteiger charge is -2.30. The molecule has 1 spiro atoms. The third-order valence-electron chi connectivity index (χ3n) is 11.7. The summed E-state index contributed by atoms with van der Waals surface area (Å²) in [6, 6.07) is 77.4. The van der Waals surface area contributed by atoms with Gasteiger partial charge in [-0.1, -0.05) is 200 Å². The third-order valence-corrected chi connectivity index (χ3v) is 11.7. The summed E-state index contributed by atoms with van der Waals surface area (Å²) >= 11 is 0. The molecule has 0 radical (unpaired) electrons. The molecule has 1 nitrogen and oxygen atoms in total. The first-order valence-corrected chi connectivity index (χ1v) is 19.1.